The van der Waals surface area contributed by atoms with E-state index in [1.165, 1.54) is 13.4 Å². The zero-order chi connectivity index (χ0) is 18.2. The van der Waals surface area contributed by atoms with Crippen molar-refractivity contribution in [2.45, 2.75) is 33.0 Å². The van der Waals surface area contributed by atoms with Gasteiger partial charge in [-0.3, -0.25) is 4.79 Å². The summed E-state index contributed by atoms with van der Waals surface area (Å²) in [5.41, 5.74) is 1.08. The average Bonchev–Trinajstić information content (AvgIpc) is 3.08. The minimum absolute atomic E-state index is 0.0440. The van der Waals surface area contributed by atoms with Crippen molar-refractivity contribution < 1.29 is 23.5 Å². The van der Waals surface area contributed by atoms with Gasteiger partial charge < -0.3 is 18.8 Å². The molecule has 1 heterocycles. The third kappa shape index (κ3) is 5.42. The summed E-state index contributed by atoms with van der Waals surface area (Å²) in [4.78, 5) is 29.4. The Hall–Kier alpha value is -2.67. The summed E-state index contributed by atoms with van der Waals surface area (Å²) >= 11 is 0. The van der Waals surface area contributed by atoms with Crippen molar-refractivity contribution >= 4 is 11.9 Å². The second kappa shape index (κ2) is 8.98. The van der Waals surface area contributed by atoms with Crippen molar-refractivity contribution in [1.82, 2.24) is 9.88 Å². The van der Waals surface area contributed by atoms with Crippen LogP contribution in [0, 0.1) is 0 Å². The number of aromatic nitrogens is 1. The fourth-order valence-corrected chi connectivity index (χ4v) is 2.20. The van der Waals surface area contributed by atoms with Crippen LogP contribution in [0.3, 0.4) is 0 Å². The molecule has 1 aromatic carbocycles. The lowest BCUT2D eigenvalue weighted by Gasteiger charge is -2.25. The number of oxazole rings is 1. The number of carbonyl (C=O) groups excluding carboxylic acids is 2. The molecule has 134 valence electrons. The Labute approximate surface area is 146 Å². The molecule has 2 aromatic rings. The molecular weight excluding hydrogens is 324 g/mol. The monoisotopic (exact) mass is 346 g/mol. The zero-order valence-corrected chi connectivity index (χ0v) is 14.6. The minimum atomic E-state index is -0.580. The highest BCUT2D eigenvalue weighted by atomic mass is 16.5. The van der Waals surface area contributed by atoms with E-state index < -0.39 is 5.97 Å². The summed E-state index contributed by atoms with van der Waals surface area (Å²) in [6, 6.07) is 9.57. The Morgan fingerprint density at radius 2 is 1.96 bits per heavy atom. The number of hydrogen-bond acceptors (Lipinski definition) is 6. The topological polar surface area (TPSA) is 81.9 Å². The van der Waals surface area contributed by atoms with E-state index in [1.807, 2.05) is 44.2 Å². The molecule has 2 rings (SSSR count). The van der Waals surface area contributed by atoms with Crippen LogP contribution >= 0.6 is 0 Å². The van der Waals surface area contributed by atoms with E-state index in [0.717, 1.165) is 5.56 Å². The predicted octanol–water partition coefficient (Wildman–Crippen LogP) is 2.42. The fourth-order valence-electron chi connectivity index (χ4n) is 2.20. The van der Waals surface area contributed by atoms with Gasteiger partial charge in [0.05, 0.1) is 20.3 Å². The van der Waals surface area contributed by atoms with Crippen molar-refractivity contribution in [3.05, 3.63) is 53.7 Å². The summed E-state index contributed by atoms with van der Waals surface area (Å²) in [5.74, 6) is -0.488. The molecule has 0 spiro atoms. The zero-order valence-electron chi connectivity index (χ0n) is 14.6. The number of amides is 1. The molecule has 0 saturated heterocycles. The number of rotatable bonds is 8. The molecule has 0 aliphatic rings. The van der Waals surface area contributed by atoms with Gasteiger partial charge in [0.2, 0.25) is 11.8 Å². The Kier molecular flexibility index (Phi) is 6.71. The molecule has 0 unspecified atom stereocenters. The fraction of sp³-hybridized carbons (Fsp3) is 0.389. The van der Waals surface area contributed by atoms with E-state index >= 15 is 0 Å². The van der Waals surface area contributed by atoms with Gasteiger partial charge in [-0.2, -0.15) is 0 Å². The van der Waals surface area contributed by atoms with Gasteiger partial charge in [-0.15, -0.1) is 0 Å². The van der Waals surface area contributed by atoms with Crippen LogP contribution < -0.4 is 0 Å². The van der Waals surface area contributed by atoms with E-state index in [-0.39, 0.29) is 36.7 Å². The smallest absolute Gasteiger partial charge is 0.360 e. The van der Waals surface area contributed by atoms with Gasteiger partial charge in [0.15, 0.2) is 5.69 Å². The molecule has 0 atom stereocenters. The summed E-state index contributed by atoms with van der Waals surface area (Å²) < 4.78 is 15.3. The highest BCUT2D eigenvalue weighted by Gasteiger charge is 2.21. The molecule has 0 bridgehead atoms. The van der Waals surface area contributed by atoms with Crippen molar-refractivity contribution in [1.29, 1.82) is 0 Å². The Morgan fingerprint density at radius 3 is 2.60 bits per heavy atom. The molecule has 0 aliphatic carbocycles. The molecular formula is C18H22N2O5. The second-order valence-corrected chi connectivity index (χ2v) is 5.71. The van der Waals surface area contributed by atoms with Crippen molar-refractivity contribution in [2.75, 3.05) is 13.7 Å². The van der Waals surface area contributed by atoms with E-state index in [9.17, 15) is 9.59 Å². The van der Waals surface area contributed by atoms with Gasteiger partial charge in [-0.1, -0.05) is 30.3 Å². The van der Waals surface area contributed by atoms with Crippen LogP contribution in [-0.2, 0) is 27.4 Å². The Bertz CT molecular complexity index is 697. The third-order valence-electron chi connectivity index (χ3n) is 3.53. The first-order valence-electron chi connectivity index (χ1n) is 7.95. The van der Waals surface area contributed by atoms with E-state index in [2.05, 4.69) is 9.72 Å². The van der Waals surface area contributed by atoms with Crippen LogP contribution in [0.25, 0.3) is 0 Å². The molecule has 7 heteroatoms. The lowest BCUT2D eigenvalue weighted by atomic mass is 10.2. The van der Waals surface area contributed by atoms with E-state index in [0.29, 0.717) is 6.61 Å². The molecule has 1 amide bonds. The first-order chi connectivity index (χ1) is 12.0. The van der Waals surface area contributed by atoms with Gasteiger partial charge in [-0.25, -0.2) is 9.78 Å². The first-order valence-corrected chi connectivity index (χ1v) is 7.95. The maximum absolute atomic E-state index is 12.4. The minimum Gasteiger partial charge on any atom is -0.464 e. The standard InChI is InChI=1S/C18H22N2O5/c1-13(2)20(9-16-19-15(11-25-16)18(22)23-3)17(21)12-24-10-14-7-5-4-6-8-14/h4-8,11,13H,9-10,12H2,1-3H3. The third-order valence-corrected chi connectivity index (χ3v) is 3.53. The molecule has 0 radical (unpaired) electrons. The first kappa shape index (κ1) is 18.7. The predicted molar refractivity (Wildman–Crippen MR) is 89.6 cm³/mol. The van der Waals surface area contributed by atoms with E-state index in [4.69, 9.17) is 9.15 Å². The molecule has 0 N–H and O–H groups in total. The van der Waals surface area contributed by atoms with Crippen molar-refractivity contribution in [3.63, 3.8) is 0 Å². The lowest BCUT2D eigenvalue weighted by molar-refractivity contribution is -0.139. The number of ether oxygens (including phenoxy) is 2. The Balaban J connectivity index is 1.91. The lowest BCUT2D eigenvalue weighted by Crippen LogP contribution is -2.38. The number of nitrogens with zero attached hydrogens (tertiary/aromatic N) is 2. The molecule has 1 aromatic heterocycles. The summed E-state index contributed by atoms with van der Waals surface area (Å²) in [6.07, 6.45) is 1.22. The van der Waals surface area contributed by atoms with Crippen LogP contribution in [0.2, 0.25) is 0 Å². The van der Waals surface area contributed by atoms with Crippen LogP contribution in [0.1, 0.15) is 35.8 Å². The summed E-state index contributed by atoms with van der Waals surface area (Å²) in [5, 5.41) is 0. The van der Waals surface area contributed by atoms with Gasteiger partial charge in [0, 0.05) is 6.04 Å². The van der Waals surface area contributed by atoms with Crippen molar-refractivity contribution in [3.8, 4) is 0 Å². The van der Waals surface area contributed by atoms with E-state index in [1.54, 1.807) is 4.90 Å². The summed E-state index contributed by atoms with van der Waals surface area (Å²) in [6.45, 7) is 4.25. The number of methoxy groups -OCH3 is 1. The molecule has 0 aliphatic heterocycles. The highest BCUT2D eigenvalue weighted by Crippen LogP contribution is 2.11. The number of esters is 1. The maximum atomic E-state index is 12.4. The quantitative estimate of drug-likeness (QED) is 0.683. The second-order valence-electron chi connectivity index (χ2n) is 5.71. The van der Waals surface area contributed by atoms with Gasteiger partial charge >= 0.3 is 5.97 Å². The number of hydrogen-bond donors (Lipinski definition) is 0. The van der Waals surface area contributed by atoms with Crippen LogP contribution in [0.15, 0.2) is 41.0 Å². The van der Waals surface area contributed by atoms with Crippen LogP contribution in [0.5, 0.6) is 0 Å². The summed E-state index contributed by atoms with van der Waals surface area (Å²) in [7, 11) is 1.27. The molecule has 0 saturated carbocycles. The SMILES string of the molecule is COC(=O)c1coc(CN(C(=O)COCc2ccccc2)C(C)C)n1. The Morgan fingerprint density at radius 1 is 1.24 bits per heavy atom. The number of carbonyl (C=O) groups is 2. The molecule has 25 heavy (non-hydrogen) atoms. The van der Waals surface area contributed by atoms with Crippen molar-refractivity contribution in [2.24, 2.45) is 0 Å². The maximum Gasteiger partial charge on any atom is 0.360 e. The van der Waals surface area contributed by atoms with Gasteiger partial charge in [-0.05, 0) is 19.4 Å². The van der Waals surface area contributed by atoms with Gasteiger partial charge in [0.25, 0.3) is 0 Å². The van der Waals surface area contributed by atoms with Gasteiger partial charge in [0.1, 0.15) is 12.9 Å². The van der Waals surface area contributed by atoms with Crippen LogP contribution in [0.4, 0.5) is 0 Å². The van der Waals surface area contributed by atoms with Crippen LogP contribution in [-0.4, -0.2) is 41.5 Å². The highest BCUT2D eigenvalue weighted by molar-refractivity contribution is 5.86. The normalized spacial score (nSPS) is 10.7. The average molecular weight is 346 g/mol. The largest absolute Gasteiger partial charge is 0.464 e. The molecule has 0 fully saturated rings. The molecule has 7 nitrogen and oxygen atoms in total. The number of benzene rings is 1.